The van der Waals surface area contributed by atoms with E-state index in [1.54, 1.807) is 7.05 Å². The van der Waals surface area contributed by atoms with Crippen LogP contribution in [0.5, 0.6) is 5.75 Å². The summed E-state index contributed by atoms with van der Waals surface area (Å²) in [6, 6.07) is 8.01. The molecule has 0 saturated heterocycles. The average molecular weight is 223 g/mol. The number of rotatable bonds is 6. The van der Waals surface area contributed by atoms with Crippen LogP contribution >= 0.6 is 0 Å². The number of nitrogens with one attached hydrogen (secondary N) is 1. The molecule has 1 aromatic carbocycles. The molecular weight excluding hydrogens is 202 g/mol. The van der Waals surface area contributed by atoms with E-state index in [1.807, 2.05) is 12.1 Å². The van der Waals surface area contributed by atoms with E-state index >= 15 is 0 Å². The van der Waals surface area contributed by atoms with Crippen molar-refractivity contribution in [3.8, 4) is 5.75 Å². The number of benzene rings is 1. The van der Waals surface area contributed by atoms with Crippen molar-refractivity contribution in [3.63, 3.8) is 0 Å². The second kappa shape index (κ2) is 6.51. The lowest BCUT2D eigenvalue weighted by Crippen LogP contribution is -2.29. The molecule has 1 unspecified atom stereocenters. The molecule has 90 valence electrons. The molecule has 3 heteroatoms. The molecule has 0 saturated carbocycles. The molecule has 1 atom stereocenters. The summed E-state index contributed by atoms with van der Waals surface area (Å²) < 4.78 is 5.47. The molecule has 1 aromatic rings. The molecule has 16 heavy (non-hydrogen) atoms. The monoisotopic (exact) mass is 223 g/mol. The first-order chi connectivity index (χ1) is 7.63. The Labute approximate surface area is 97.4 Å². The maximum absolute atomic E-state index is 9.47. The summed E-state index contributed by atoms with van der Waals surface area (Å²) in [5, 5.41) is 12.4. The predicted octanol–water partition coefficient (Wildman–Crippen LogP) is 1.77. The zero-order valence-corrected chi connectivity index (χ0v) is 10.2. The highest BCUT2D eigenvalue weighted by atomic mass is 16.5. The zero-order chi connectivity index (χ0) is 12.0. The van der Waals surface area contributed by atoms with E-state index < -0.39 is 6.10 Å². The molecule has 0 heterocycles. The summed E-state index contributed by atoms with van der Waals surface area (Å²) in [6.45, 7) is 5.19. The molecule has 0 bridgehead atoms. The normalized spacial score (nSPS) is 12.8. The van der Waals surface area contributed by atoms with Gasteiger partial charge in [0.25, 0.3) is 0 Å². The Morgan fingerprint density at radius 3 is 2.38 bits per heavy atom. The van der Waals surface area contributed by atoms with Crippen molar-refractivity contribution in [1.29, 1.82) is 0 Å². The second-order valence-corrected chi connectivity index (χ2v) is 4.25. The second-order valence-electron chi connectivity index (χ2n) is 4.25. The summed E-state index contributed by atoms with van der Waals surface area (Å²) >= 11 is 0. The van der Waals surface area contributed by atoms with Crippen LogP contribution in [0.2, 0.25) is 0 Å². The summed E-state index contributed by atoms with van der Waals surface area (Å²) in [5.41, 5.74) is 1.29. The number of hydrogen-bond acceptors (Lipinski definition) is 3. The molecule has 0 spiro atoms. The number of aliphatic hydroxyl groups excluding tert-OH is 1. The van der Waals surface area contributed by atoms with Crippen LogP contribution in [0.1, 0.15) is 25.3 Å². The SMILES string of the molecule is CNCC(O)COc1ccc(C(C)C)cc1. The molecule has 0 aliphatic rings. The highest BCUT2D eigenvalue weighted by Crippen LogP contribution is 2.18. The van der Waals surface area contributed by atoms with Gasteiger partial charge in [-0.2, -0.15) is 0 Å². The minimum absolute atomic E-state index is 0.321. The lowest BCUT2D eigenvalue weighted by Gasteiger charge is -2.12. The first kappa shape index (κ1) is 13.0. The van der Waals surface area contributed by atoms with Crippen molar-refractivity contribution < 1.29 is 9.84 Å². The molecule has 0 aromatic heterocycles. The van der Waals surface area contributed by atoms with Gasteiger partial charge in [-0.25, -0.2) is 0 Å². The van der Waals surface area contributed by atoms with Crippen LogP contribution in [0.25, 0.3) is 0 Å². The molecule has 2 N–H and O–H groups in total. The summed E-state index contributed by atoms with van der Waals surface area (Å²) in [6.07, 6.45) is -0.463. The Morgan fingerprint density at radius 2 is 1.88 bits per heavy atom. The van der Waals surface area contributed by atoms with Gasteiger partial charge in [0.05, 0.1) is 0 Å². The smallest absolute Gasteiger partial charge is 0.119 e. The number of aliphatic hydroxyl groups is 1. The van der Waals surface area contributed by atoms with E-state index in [0.717, 1.165) is 5.75 Å². The minimum atomic E-state index is -0.463. The topological polar surface area (TPSA) is 41.5 Å². The van der Waals surface area contributed by atoms with Crippen molar-refractivity contribution in [2.75, 3.05) is 20.2 Å². The van der Waals surface area contributed by atoms with Crippen LogP contribution in [0, 0.1) is 0 Å². The van der Waals surface area contributed by atoms with Crippen molar-refractivity contribution in [2.24, 2.45) is 0 Å². The van der Waals surface area contributed by atoms with E-state index in [1.165, 1.54) is 5.56 Å². The fourth-order valence-electron chi connectivity index (χ4n) is 1.44. The van der Waals surface area contributed by atoms with Crippen molar-refractivity contribution in [1.82, 2.24) is 5.32 Å². The van der Waals surface area contributed by atoms with Crippen LogP contribution in [-0.4, -0.2) is 31.4 Å². The van der Waals surface area contributed by atoms with Crippen molar-refractivity contribution in [2.45, 2.75) is 25.9 Å². The maximum atomic E-state index is 9.47. The van der Waals surface area contributed by atoms with E-state index in [-0.39, 0.29) is 0 Å². The van der Waals surface area contributed by atoms with Gasteiger partial charge in [-0.3, -0.25) is 0 Å². The van der Waals surface area contributed by atoms with Crippen LogP contribution in [0.4, 0.5) is 0 Å². The first-order valence-electron chi connectivity index (χ1n) is 5.69. The Kier molecular flexibility index (Phi) is 5.29. The van der Waals surface area contributed by atoms with Gasteiger partial charge in [-0.05, 0) is 30.7 Å². The van der Waals surface area contributed by atoms with Crippen LogP contribution in [-0.2, 0) is 0 Å². The summed E-state index contributed by atoms with van der Waals surface area (Å²) in [4.78, 5) is 0. The maximum Gasteiger partial charge on any atom is 0.119 e. The Balaban J connectivity index is 2.43. The molecule has 1 rings (SSSR count). The highest BCUT2D eigenvalue weighted by molar-refractivity contribution is 5.28. The van der Waals surface area contributed by atoms with E-state index in [4.69, 9.17) is 4.74 Å². The van der Waals surface area contributed by atoms with Gasteiger partial charge in [0.1, 0.15) is 18.5 Å². The van der Waals surface area contributed by atoms with Gasteiger partial charge in [0.2, 0.25) is 0 Å². The third kappa shape index (κ3) is 4.21. The van der Waals surface area contributed by atoms with Gasteiger partial charge in [-0.1, -0.05) is 26.0 Å². The number of likely N-dealkylation sites (N-methyl/N-ethyl adjacent to an activating group) is 1. The van der Waals surface area contributed by atoms with Crippen LogP contribution in [0.15, 0.2) is 24.3 Å². The molecule has 0 radical (unpaired) electrons. The van der Waals surface area contributed by atoms with E-state index in [2.05, 4.69) is 31.3 Å². The number of ether oxygens (including phenoxy) is 1. The van der Waals surface area contributed by atoms with Crippen LogP contribution < -0.4 is 10.1 Å². The van der Waals surface area contributed by atoms with E-state index in [0.29, 0.717) is 19.1 Å². The summed E-state index contributed by atoms with van der Waals surface area (Å²) in [7, 11) is 1.81. The lowest BCUT2D eigenvalue weighted by molar-refractivity contribution is 0.108. The van der Waals surface area contributed by atoms with E-state index in [9.17, 15) is 5.11 Å². The van der Waals surface area contributed by atoms with Crippen molar-refractivity contribution >= 4 is 0 Å². The molecule has 0 fully saturated rings. The lowest BCUT2D eigenvalue weighted by atomic mass is 10.0. The summed E-state index contributed by atoms with van der Waals surface area (Å²) in [5.74, 6) is 1.34. The van der Waals surface area contributed by atoms with Gasteiger partial charge < -0.3 is 15.2 Å². The van der Waals surface area contributed by atoms with Gasteiger partial charge in [0.15, 0.2) is 0 Å². The van der Waals surface area contributed by atoms with Gasteiger partial charge >= 0.3 is 0 Å². The zero-order valence-electron chi connectivity index (χ0n) is 10.2. The fraction of sp³-hybridized carbons (Fsp3) is 0.538. The van der Waals surface area contributed by atoms with Gasteiger partial charge in [0, 0.05) is 6.54 Å². The molecule has 3 nitrogen and oxygen atoms in total. The Morgan fingerprint density at radius 1 is 1.25 bits per heavy atom. The third-order valence-corrected chi connectivity index (χ3v) is 2.43. The predicted molar refractivity (Wildman–Crippen MR) is 66.0 cm³/mol. The molecule has 0 aliphatic carbocycles. The largest absolute Gasteiger partial charge is 0.491 e. The minimum Gasteiger partial charge on any atom is -0.491 e. The third-order valence-electron chi connectivity index (χ3n) is 2.43. The standard InChI is InChI=1S/C13H21NO2/c1-10(2)11-4-6-13(7-5-11)16-9-12(15)8-14-3/h4-7,10,12,14-15H,8-9H2,1-3H3. The fourth-order valence-corrected chi connectivity index (χ4v) is 1.44. The highest BCUT2D eigenvalue weighted by Gasteiger charge is 2.04. The Bertz CT molecular complexity index is 295. The quantitative estimate of drug-likeness (QED) is 0.772. The first-order valence-corrected chi connectivity index (χ1v) is 5.69. The molecule has 0 aliphatic heterocycles. The van der Waals surface area contributed by atoms with Gasteiger partial charge in [-0.15, -0.1) is 0 Å². The number of hydrogen-bond donors (Lipinski definition) is 2. The molecular formula is C13H21NO2. The van der Waals surface area contributed by atoms with Crippen LogP contribution in [0.3, 0.4) is 0 Å². The Hall–Kier alpha value is -1.06. The molecule has 0 amide bonds. The average Bonchev–Trinajstić information content (AvgIpc) is 2.27. The van der Waals surface area contributed by atoms with Crippen molar-refractivity contribution in [3.05, 3.63) is 29.8 Å².